The van der Waals surface area contributed by atoms with E-state index < -0.39 is 0 Å². The van der Waals surface area contributed by atoms with Crippen molar-refractivity contribution in [2.45, 2.75) is 109 Å². The van der Waals surface area contributed by atoms with Crippen LogP contribution in [0.3, 0.4) is 0 Å². The largest absolute Gasteiger partial charge is 0.298 e. The van der Waals surface area contributed by atoms with E-state index >= 15 is 0 Å². The number of thiophene rings is 4. The number of fused-ring (bicyclic) bond motifs is 1. The Labute approximate surface area is 687 Å². The van der Waals surface area contributed by atoms with Crippen LogP contribution in [0.1, 0.15) is 159 Å². The number of nitrogens with zero attached hydrogens (tertiary/aromatic N) is 14. The van der Waals surface area contributed by atoms with Gasteiger partial charge in [0, 0.05) is 196 Å². The zero-order chi connectivity index (χ0) is 76.6. The molecule has 2 atom stereocenters. The van der Waals surface area contributed by atoms with Gasteiger partial charge in [0.1, 0.15) is 0 Å². The average Bonchev–Trinajstić information content (AvgIpc) is 1.53. The standard InChI is InChI=1S/C93H90N14S6/c1-58-80-40-86(108-58)62-16-22-68(100-46-62)52-94-28-34-106-35-29-96-54-70-24-18-64(48-102-70)88-42-82(60(3)110-88)76-12-8-13-77(76)83-43-89(111-61(83)4)65-19-25-71(103-49-65)55-97-31-37-107(36-30-95-53-69-23-17-63(47-101-69)87-41-81(59(2)109-87)75-11-7-10-74(75)80)39-33-99-57-73-27-21-67(51-105-73)91-45-85-79-15-9-14-78(79)84-44-90(112-92(84,5)93(85,6)113-91)66-20-26-72(104-50-66)56-98-32-38-106/h16-27,40-57H,7-15,28-39H2,1-6H3/t92-,93-/m0/s1. The topological polar surface area (TPSA) is 158 Å². The highest BCUT2D eigenvalue weighted by Crippen LogP contribution is 2.70. The van der Waals surface area contributed by atoms with Gasteiger partial charge in [-0.2, -0.15) is 0 Å². The molecule has 20 heteroatoms. The fourth-order valence-corrected chi connectivity index (χ4v) is 24.5. The third-order valence-corrected chi connectivity index (χ3v) is 31.2. The van der Waals surface area contributed by atoms with Crippen LogP contribution in [0, 0.1) is 27.7 Å². The highest BCUT2D eigenvalue weighted by atomic mass is 32.2. The molecule has 0 radical (unpaired) electrons. The summed E-state index contributed by atoms with van der Waals surface area (Å²) in [5, 5.41) is 0. The zero-order valence-corrected chi connectivity index (χ0v) is 69.8. The molecule has 10 aromatic rings. The molecule has 0 aromatic carbocycles. The molecule has 26 bridgehead atoms. The Morgan fingerprint density at radius 2 is 0.522 bits per heavy atom. The molecule has 113 heavy (non-hydrogen) atoms. The van der Waals surface area contributed by atoms with E-state index in [2.05, 4.69) is 161 Å². The first-order chi connectivity index (χ1) is 55.3. The zero-order valence-electron chi connectivity index (χ0n) is 64.9. The van der Waals surface area contributed by atoms with Crippen molar-refractivity contribution < 1.29 is 0 Å². The molecule has 0 unspecified atom stereocenters. The van der Waals surface area contributed by atoms with Gasteiger partial charge in [-0.3, -0.25) is 69.7 Å². The van der Waals surface area contributed by atoms with Gasteiger partial charge in [0.05, 0.1) is 82.9 Å². The molecule has 16 aliphatic heterocycles. The third-order valence-electron chi connectivity index (χ3n) is 23.4. The van der Waals surface area contributed by atoms with Crippen LogP contribution in [0.25, 0.3) is 73.9 Å². The van der Waals surface area contributed by atoms with Gasteiger partial charge >= 0.3 is 0 Å². The third kappa shape index (κ3) is 15.7. The molecular formula is C93H90N14S6. The smallest absolute Gasteiger partial charge is 0.0808 e. The van der Waals surface area contributed by atoms with Gasteiger partial charge in [0.15, 0.2) is 0 Å². The number of aromatic nitrogens is 6. The molecule has 30 rings (SSSR count). The highest BCUT2D eigenvalue weighted by molar-refractivity contribution is 8.14. The van der Waals surface area contributed by atoms with Crippen molar-refractivity contribution in [3.8, 4) is 41.8 Å². The lowest BCUT2D eigenvalue weighted by Crippen LogP contribution is -2.47. The molecule has 4 aliphatic carbocycles. The number of hydrogen-bond donors (Lipinski definition) is 0. The Morgan fingerprint density at radius 1 is 0.292 bits per heavy atom. The van der Waals surface area contributed by atoms with Gasteiger partial charge in [-0.15, -0.1) is 68.9 Å². The second-order valence-electron chi connectivity index (χ2n) is 30.6. The lowest BCUT2D eigenvalue weighted by molar-refractivity contribution is 0.298. The lowest BCUT2D eigenvalue weighted by Gasteiger charge is -2.47. The molecule has 14 nitrogen and oxygen atoms in total. The van der Waals surface area contributed by atoms with E-state index in [1.807, 2.05) is 143 Å². The fraction of sp³-hybridized carbons (Fsp3) is 0.312. The average molecular weight is 1600 g/mol. The van der Waals surface area contributed by atoms with Crippen molar-refractivity contribution in [1.29, 1.82) is 0 Å². The Bertz CT molecular complexity index is 5100. The van der Waals surface area contributed by atoms with E-state index in [4.69, 9.17) is 59.9 Å². The summed E-state index contributed by atoms with van der Waals surface area (Å²) in [6.07, 6.45) is 38.6. The summed E-state index contributed by atoms with van der Waals surface area (Å²) in [7, 11) is 0. The van der Waals surface area contributed by atoms with Gasteiger partial charge in [0.25, 0.3) is 0 Å². The predicted molar refractivity (Wildman–Crippen MR) is 482 cm³/mol. The Balaban J connectivity index is 0.661. The Hall–Kier alpha value is -9.22. The molecule has 0 saturated heterocycles. The van der Waals surface area contributed by atoms with Crippen LogP contribution in [0.15, 0.2) is 199 Å². The fourth-order valence-electron chi connectivity index (χ4n) is 17.2. The van der Waals surface area contributed by atoms with Crippen LogP contribution in [0.4, 0.5) is 0 Å². The second kappa shape index (κ2) is 32.9. The first kappa shape index (κ1) is 75.2. The van der Waals surface area contributed by atoms with Crippen molar-refractivity contribution in [2.24, 2.45) is 30.0 Å². The Morgan fingerprint density at radius 3 is 0.752 bits per heavy atom. The number of hydrogen-bond acceptors (Lipinski definition) is 20. The predicted octanol–water partition coefficient (Wildman–Crippen LogP) is 21.1. The summed E-state index contributed by atoms with van der Waals surface area (Å²) >= 11 is 11.4. The maximum Gasteiger partial charge on any atom is 0.0808 e. The number of aliphatic imine (C=N–C) groups is 6. The van der Waals surface area contributed by atoms with Crippen molar-refractivity contribution in [3.05, 3.63) is 256 Å². The summed E-state index contributed by atoms with van der Waals surface area (Å²) in [4.78, 5) is 77.3. The van der Waals surface area contributed by atoms with Gasteiger partial charge in [0.2, 0.25) is 0 Å². The molecule has 0 N–H and O–H groups in total. The molecule has 1 saturated carbocycles. The van der Waals surface area contributed by atoms with Crippen LogP contribution in [0.2, 0.25) is 0 Å². The molecule has 568 valence electrons. The molecule has 26 heterocycles. The van der Waals surface area contributed by atoms with Gasteiger partial charge < -0.3 is 0 Å². The number of thioether (sulfide) groups is 2. The van der Waals surface area contributed by atoms with Crippen molar-refractivity contribution in [3.63, 3.8) is 0 Å². The van der Waals surface area contributed by atoms with Crippen LogP contribution >= 0.6 is 68.9 Å². The lowest BCUT2D eigenvalue weighted by atomic mass is 9.72. The maximum absolute atomic E-state index is 5.02. The van der Waals surface area contributed by atoms with Crippen LogP contribution < -0.4 is 0 Å². The minimum atomic E-state index is -0.186. The molecule has 10 aromatic heterocycles. The maximum atomic E-state index is 5.02. The Kier molecular flexibility index (Phi) is 21.9. The SMILES string of the molecule is Cc1sc2cc1C1=C(CCC1)c1cc(sc1C)-c1ccc(nc1)C=NCCN1CCN=Cc3ccc(cn3)C3=CC4=C5CCCC5=C5C=C(S[C@]5(C)[C@@]4(C)S3)c3ccc(nc3)C=NCCN(CCN=Cc3ccc-2cn3)CCN=Cc2ccc(cn2)-c2cc(c(C)s2)C2=C(CCC2)c2cc(sc2C)-c2ccc(nc2)C=NCC1. The van der Waals surface area contributed by atoms with E-state index in [-0.39, 0.29) is 9.49 Å². The number of allylic oxidation sites excluding steroid dienone is 8. The minimum absolute atomic E-state index is 0.186. The second-order valence-corrected chi connectivity index (χ2v) is 38.5. The quantitative estimate of drug-likeness (QED) is 0.143. The van der Waals surface area contributed by atoms with E-state index in [9.17, 15) is 0 Å². The minimum Gasteiger partial charge on any atom is -0.298 e. The van der Waals surface area contributed by atoms with Gasteiger partial charge in [-0.1, -0.05) is 12.1 Å². The first-order valence-corrected chi connectivity index (χ1v) is 44.6. The number of aryl methyl sites for hydroxylation is 4. The van der Waals surface area contributed by atoms with Gasteiger partial charge in [-0.25, -0.2) is 0 Å². The number of rotatable bonds is 0. The van der Waals surface area contributed by atoms with Crippen LogP contribution in [0.5, 0.6) is 0 Å². The van der Waals surface area contributed by atoms with Crippen molar-refractivity contribution >= 4 is 138 Å². The summed E-state index contributed by atoms with van der Waals surface area (Å²) < 4.78 is -0.372. The van der Waals surface area contributed by atoms with E-state index in [0.29, 0.717) is 39.3 Å². The molecule has 0 spiro atoms. The van der Waals surface area contributed by atoms with Crippen molar-refractivity contribution in [2.75, 3.05) is 78.5 Å². The number of pyridine rings is 6. The van der Waals surface area contributed by atoms with Crippen molar-refractivity contribution in [1.82, 2.24) is 39.7 Å². The monoisotopic (exact) mass is 1590 g/mol. The molecular weight excluding hydrogens is 1510 g/mol. The molecule has 1 fully saturated rings. The summed E-state index contributed by atoms with van der Waals surface area (Å²) in [6, 6.07) is 35.5. The first-order valence-electron chi connectivity index (χ1n) is 39.7. The molecule has 20 aliphatic rings. The summed E-state index contributed by atoms with van der Waals surface area (Å²) in [5.74, 6) is 0. The van der Waals surface area contributed by atoms with Crippen LogP contribution in [-0.2, 0) is 0 Å². The van der Waals surface area contributed by atoms with E-state index in [1.165, 1.54) is 122 Å². The van der Waals surface area contributed by atoms with E-state index in [1.54, 1.807) is 0 Å². The van der Waals surface area contributed by atoms with E-state index in [0.717, 1.165) is 158 Å². The summed E-state index contributed by atoms with van der Waals surface area (Å²) in [5.41, 5.74) is 29.1. The molecule has 0 amide bonds. The summed E-state index contributed by atoms with van der Waals surface area (Å²) in [6.45, 7) is 22.2. The highest BCUT2D eigenvalue weighted by Gasteiger charge is 2.59. The van der Waals surface area contributed by atoms with Gasteiger partial charge in [-0.05, 0) is 263 Å². The van der Waals surface area contributed by atoms with Crippen LogP contribution in [-0.4, -0.2) is 165 Å². The normalized spacial score (nSPS) is 21.6.